The zero-order valence-electron chi connectivity index (χ0n) is 16.0. The molecule has 0 radical (unpaired) electrons. The lowest BCUT2D eigenvalue weighted by molar-refractivity contribution is -0.182. The molecule has 0 spiro atoms. The van der Waals surface area contributed by atoms with Crippen molar-refractivity contribution in [2.24, 2.45) is 0 Å². The van der Waals surface area contributed by atoms with Crippen LogP contribution in [0.5, 0.6) is 0 Å². The van der Waals surface area contributed by atoms with Crippen LogP contribution < -0.4 is 0 Å². The molecular weight excluding hydrogens is 352 g/mol. The van der Waals surface area contributed by atoms with Crippen molar-refractivity contribution in [3.8, 4) is 0 Å². The van der Waals surface area contributed by atoms with Gasteiger partial charge in [-0.2, -0.15) is 0 Å². The summed E-state index contributed by atoms with van der Waals surface area (Å²) in [6.07, 6.45) is 0.522. The topological polar surface area (TPSA) is 106 Å². The second-order valence-electron chi connectivity index (χ2n) is 7.77. The molecule has 2 heterocycles. The molecule has 3 aliphatic rings. The van der Waals surface area contributed by atoms with E-state index < -0.39 is 41.5 Å². The lowest BCUT2D eigenvalue weighted by Gasteiger charge is -2.38. The molecular formula is C20H26O7. The van der Waals surface area contributed by atoms with Crippen molar-refractivity contribution in [1.29, 1.82) is 0 Å². The third-order valence-corrected chi connectivity index (χ3v) is 5.80. The average molecular weight is 378 g/mol. The van der Waals surface area contributed by atoms with Gasteiger partial charge in [0.15, 0.2) is 23.4 Å². The van der Waals surface area contributed by atoms with Crippen molar-refractivity contribution >= 4 is 11.9 Å². The molecule has 0 aromatic carbocycles. The molecule has 3 rings (SSSR count). The van der Waals surface area contributed by atoms with Gasteiger partial charge in [0.1, 0.15) is 6.10 Å². The maximum Gasteiger partial charge on any atom is 0.341 e. The van der Waals surface area contributed by atoms with Crippen molar-refractivity contribution in [2.45, 2.75) is 76.2 Å². The zero-order chi connectivity index (χ0) is 20.1. The second-order valence-corrected chi connectivity index (χ2v) is 7.77. The molecule has 6 atom stereocenters. The number of aliphatic hydroxyl groups is 2. The predicted octanol–water partition coefficient (Wildman–Crippen LogP) is 1.34. The van der Waals surface area contributed by atoms with Crippen LogP contribution in [-0.4, -0.2) is 57.8 Å². The van der Waals surface area contributed by atoms with Gasteiger partial charge >= 0.3 is 11.9 Å². The number of epoxide rings is 1. The summed E-state index contributed by atoms with van der Waals surface area (Å²) in [5.41, 5.74) is -2.06. The summed E-state index contributed by atoms with van der Waals surface area (Å²) in [5.74, 6) is -1.51. The van der Waals surface area contributed by atoms with Crippen LogP contribution in [-0.2, 0) is 23.8 Å². The Bertz CT molecular complexity index is 751. The van der Waals surface area contributed by atoms with Gasteiger partial charge in [-0.15, -0.1) is 0 Å². The first-order chi connectivity index (χ1) is 12.5. The summed E-state index contributed by atoms with van der Waals surface area (Å²) in [5, 5.41) is 22.3. The minimum Gasteiger partial charge on any atom is -0.453 e. The quantitative estimate of drug-likeness (QED) is 0.323. The summed E-state index contributed by atoms with van der Waals surface area (Å²) in [4.78, 5) is 24.8. The minimum absolute atomic E-state index is 0.253. The fraction of sp³-hybridized carbons (Fsp3) is 0.600. The molecule has 148 valence electrons. The van der Waals surface area contributed by atoms with Crippen LogP contribution in [0.4, 0.5) is 0 Å². The number of fused-ring (bicyclic) bond motifs is 1. The van der Waals surface area contributed by atoms with E-state index in [2.05, 4.69) is 6.58 Å². The van der Waals surface area contributed by atoms with Gasteiger partial charge in [0.2, 0.25) is 0 Å². The third-order valence-electron chi connectivity index (χ3n) is 5.80. The van der Waals surface area contributed by atoms with Crippen LogP contribution >= 0.6 is 0 Å². The Labute approximate surface area is 158 Å². The van der Waals surface area contributed by atoms with Gasteiger partial charge < -0.3 is 24.4 Å². The summed E-state index contributed by atoms with van der Waals surface area (Å²) in [6, 6.07) is 0. The molecule has 1 aliphatic carbocycles. The molecule has 2 saturated heterocycles. The maximum absolute atomic E-state index is 12.6. The highest BCUT2D eigenvalue weighted by Gasteiger charge is 2.63. The van der Waals surface area contributed by atoms with E-state index in [1.807, 2.05) is 13.0 Å². The van der Waals surface area contributed by atoms with E-state index in [0.29, 0.717) is 18.4 Å². The first-order valence-corrected chi connectivity index (χ1v) is 9.05. The molecule has 0 aromatic rings. The number of hydrogen-bond donors (Lipinski definition) is 2. The fourth-order valence-electron chi connectivity index (χ4n) is 3.51. The first-order valence-electron chi connectivity index (χ1n) is 9.05. The number of hydrogen-bond acceptors (Lipinski definition) is 7. The predicted molar refractivity (Wildman–Crippen MR) is 95.6 cm³/mol. The largest absolute Gasteiger partial charge is 0.453 e. The van der Waals surface area contributed by atoms with Gasteiger partial charge in [-0.1, -0.05) is 18.2 Å². The number of ether oxygens (including phenoxy) is 3. The second kappa shape index (κ2) is 6.58. The van der Waals surface area contributed by atoms with E-state index >= 15 is 0 Å². The highest BCUT2D eigenvalue weighted by molar-refractivity contribution is 5.94. The van der Waals surface area contributed by atoms with Crippen molar-refractivity contribution in [2.75, 3.05) is 0 Å². The lowest BCUT2D eigenvalue weighted by Crippen LogP contribution is -2.58. The monoisotopic (exact) mass is 378 g/mol. The Balaban J connectivity index is 2.05. The van der Waals surface area contributed by atoms with E-state index in [1.54, 1.807) is 26.8 Å². The minimum atomic E-state index is -2.09. The van der Waals surface area contributed by atoms with Crippen molar-refractivity contribution in [3.63, 3.8) is 0 Å². The van der Waals surface area contributed by atoms with E-state index in [1.165, 1.54) is 0 Å². The van der Waals surface area contributed by atoms with E-state index in [9.17, 15) is 19.8 Å². The number of carbonyl (C=O) groups excluding carboxylic acids is 2. The molecule has 2 fully saturated rings. The molecule has 0 saturated carbocycles. The summed E-state index contributed by atoms with van der Waals surface area (Å²) >= 11 is 0. The normalized spacial score (nSPS) is 45.7. The Hall–Kier alpha value is -1.96. The molecule has 0 unspecified atom stereocenters. The van der Waals surface area contributed by atoms with Crippen LogP contribution in [0.25, 0.3) is 0 Å². The van der Waals surface area contributed by atoms with Crippen molar-refractivity contribution in [1.82, 2.24) is 0 Å². The Morgan fingerprint density at radius 3 is 2.63 bits per heavy atom. The molecule has 0 aromatic heterocycles. The molecule has 0 amide bonds. The standard InChI is InChI=1S/C20H26O7/c1-10-7-6-8-11(2)15(21)16(26-18(23)19(5)13(4)27-19)20(24)12(3)17(22)25-14(20)9-10/h8-9,13-16,21,24H,3,6-7H2,1-2,4-5H3/b10-9+,11-8+/t13-,14-,15-,16-,19+,20-/m1/s1. The van der Waals surface area contributed by atoms with Crippen molar-refractivity contribution in [3.05, 3.63) is 35.5 Å². The van der Waals surface area contributed by atoms with Crippen LogP contribution in [0.1, 0.15) is 40.5 Å². The molecule has 7 heteroatoms. The van der Waals surface area contributed by atoms with E-state index in [0.717, 1.165) is 5.57 Å². The SMILES string of the molecule is C=C1C(=O)O[C@@H]2/C=C(\C)CC/C=C(\C)[C@@H](O)[C@@H](OC(=O)[C@@]3(C)O[C@@H]3C)[C@@]12O. The zero-order valence-corrected chi connectivity index (χ0v) is 16.0. The number of rotatable bonds is 2. The number of aliphatic hydroxyl groups excluding tert-OH is 1. The maximum atomic E-state index is 12.6. The molecule has 7 nitrogen and oxygen atoms in total. The molecule has 2 aliphatic heterocycles. The Morgan fingerprint density at radius 1 is 1.41 bits per heavy atom. The first kappa shape index (κ1) is 19.8. The van der Waals surface area contributed by atoms with E-state index in [-0.39, 0.29) is 11.7 Å². The highest BCUT2D eigenvalue weighted by atomic mass is 16.7. The number of esters is 2. The smallest absolute Gasteiger partial charge is 0.341 e. The van der Waals surface area contributed by atoms with Crippen LogP contribution in [0.15, 0.2) is 35.5 Å². The molecule has 27 heavy (non-hydrogen) atoms. The average Bonchev–Trinajstić information content (AvgIpc) is 3.17. The Morgan fingerprint density at radius 2 is 2.04 bits per heavy atom. The van der Waals surface area contributed by atoms with Crippen molar-refractivity contribution < 1.29 is 34.0 Å². The lowest BCUT2D eigenvalue weighted by atomic mass is 9.79. The van der Waals surface area contributed by atoms with Gasteiger partial charge in [0.05, 0.1) is 11.7 Å². The Kier molecular flexibility index (Phi) is 4.82. The van der Waals surface area contributed by atoms with Gasteiger partial charge in [-0.3, -0.25) is 0 Å². The van der Waals surface area contributed by atoms with Gasteiger partial charge in [-0.05, 0) is 52.2 Å². The summed E-state index contributed by atoms with van der Waals surface area (Å²) in [6.45, 7) is 10.5. The fourth-order valence-corrected chi connectivity index (χ4v) is 3.51. The summed E-state index contributed by atoms with van der Waals surface area (Å²) < 4.78 is 16.1. The number of allylic oxidation sites excluding steroid dienone is 2. The highest BCUT2D eigenvalue weighted by Crippen LogP contribution is 2.43. The van der Waals surface area contributed by atoms with Gasteiger partial charge in [0.25, 0.3) is 0 Å². The van der Waals surface area contributed by atoms with Crippen LogP contribution in [0, 0.1) is 0 Å². The van der Waals surface area contributed by atoms with Crippen LogP contribution in [0.2, 0.25) is 0 Å². The molecule has 0 bridgehead atoms. The summed E-state index contributed by atoms with van der Waals surface area (Å²) in [7, 11) is 0. The van der Waals surface area contributed by atoms with Gasteiger partial charge in [-0.25, -0.2) is 9.59 Å². The molecule has 2 N–H and O–H groups in total. The van der Waals surface area contributed by atoms with E-state index in [4.69, 9.17) is 14.2 Å². The van der Waals surface area contributed by atoms with Crippen LogP contribution in [0.3, 0.4) is 0 Å². The third kappa shape index (κ3) is 3.13. The number of carbonyl (C=O) groups is 2. The van der Waals surface area contributed by atoms with Gasteiger partial charge in [0, 0.05) is 0 Å².